The van der Waals surface area contributed by atoms with Crippen LogP contribution in [0.25, 0.3) is 0 Å². The molecule has 1 aromatic rings. The van der Waals surface area contributed by atoms with Crippen molar-refractivity contribution < 1.29 is 9.52 Å². The van der Waals surface area contributed by atoms with Gasteiger partial charge in [0, 0.05) is 25.2 Å². The van der Waals surface area contributed by atoms with Gasteiger partial charge >= 0.3 is 0 Å². The van der Waals surface area contributed by atoms with Crippen molar-refractivity contribution in [1.29, 1.82) is 0 Å². The zero-order valence-electron chi connectivity index (χ0n) is 9.89. The zero-order chi connectivity index (χ0) is 11.5. The second-order valence-corrected chi connectivity index (χ2v) is 4.66. The van der Waals surface area contributed by atoms with E-state index in [2.05, 4.69) is 24.2 Å². The molecule has 0 aliphatic carbocycles. The smallest absolute Gasteiger partial charge is 0.133 e. The highest BCUT2D eigenvalue weighted by Gasteiger charge is 2.26. The Hall–Kier alpha value is -0.840. The third-order valence-corrected chi connectivity index (χ3v) is 3.36. The van der Waals surface area contributed by atoms with Crippen LogP contribution in [-0.2, 0) is 0 Å². The fourth-order valence-electron chi connectivity index (χ4n) is 2.20. The molecule has 0 bridgehead atoms. The lowest BCUT2D eigenvalue weighted by atomic mass is 10.2. The quantitative estimate of drug-likeness (QED) is 0.801. The molecule has 1 aliphatic heterocycles. The molecule has 1 aromatic heterocycles. The van der Waals surface area contributed by atoms with Gasteiger partial charge in [-0.25, -0.2) is 0 Å². The maximum atomic E-state index is 9.83. The van der Waals surface area contributed by atoms with Crippen molar-refractivity contribution >= 4 is 0 Å². The van der Waals surface area contributed by atoms with Crippen molar-refractivity contribution in [1.82, 2.24) is 10.2 Å². The molecule has 1 fully saturated rings. The van der Waals surface area contributed by atoms with Gasteiger partial charge in [0.15, 0.2) is 0 Å². The average molecular weight is 224 g/mol. The molecule has 2 heterocycles. The van der Waals surface area contributed by atoms with Gasteiger partial charge < -0.3 is 19.7 Å². The largest absolute Gasteiger partial charge is 0.467 e. The van der Waals surface area contributed by atoms with Gasteiger partial charge in [0.2, 0.25) is 0 Å². The summed E-state index contributed by atoms with van der Waals surface area (Å²) in [5, 5.41) is 13.2. The molecule has 0 saturated carbocycles. The van der Waals surface area contributed by atoms with E-state index in [1.54, 1.807) is 18.4 Å². The summed E-state index contributed by atoms with van der Waals surface area (Å²) in [6.07, 6.45) is 2.18. The van der Waals surface area contributed by atoms with E-state index in [9.17, 15) is 5.11 Å². The Morgan fingerprint density at radius 1 is 1.69 bits per heavy atom. The van der Waals surface area contributed by atoms with Crippen LogP contribution in [0.3, 0.4) is 0 Å². The molecule has 0 aromatic carbocycles. The summed E-state index contributed by atoms with van der Waals surface area (Å²) in [7, 11) is 2.13. The Morgan fingerprint density at radius 3 is 3.06 bits per heavy atom. The topological polar surface area (TPSA) is 48.6 Å². The molecule has 0 radical (unpaired) electrons. The van der Waals surface area contributed by atoms with Crippen LogP contribution in [0.1, 0.15) is 25.2 Å². The molecular formula is C12H20N2O2. The second kappa shape index (κ2) is 4.99. The number of aliphatic hydroxyl groups is 1. The maximum Gasteiger partial charge on any atom is 0.133 e. The Bertz CT molecular complexity index is 303. The lowest BCUT2D eigenvalue weighted by Gasteiger charge is -2.15. The fourth-order valence-corrected chi connectivity index (χ4v) is 2.20. The first-order chi connectivity index (χ1) is 7.66. The maximum absolute atomic E-state index is 9.83. The molecular weight excluding hydrogens is 204 g/mol. The van der Waals surface area contributed by atoms with E-state index in [4.69, 9.17) is 4.42 Å². The second-order valence-electron chi connectivity index (χ2n) is 4.66. The number of furan rings is 1. The summed E-state index contributed by atoms with van der Waals surface area (Å²) in [6.45, 7) is 3.83. The molecule has 4 heteroatoms. The van der Waals surface area contributed by atoms with Gasteiger partial charge in [-0.2, -0.15) is 0 Å². The third kappa shape index (κ3) is 2.64. The first kappa shape index (κ1) is 11.6. The summed E-state index contributed by atoms with van der Waals surface area (Å²) in [4.78, 5) is 2.33. The van der Waals surface area contributed by atoms with Crippen LogP contribution in [0.4, 0.5) is 0 Å². The molecule has 90 valence electrons. The molecule has 1 saturated heterocycles. The van der Waals surface area contributed by atoms with E-state index in [1.165, 1.54) is 0 Å². The van der Waals surface area contributed by atoms with Crippen LogP contribution < -0.4 is 5.32 Å². The molecule has 3 atom stereocenters. The van der Waals surface area contributed by atoms with Crippen molar-refractivity contribution in [2.45, 2.75) is 31.5 Å². The summed E-state index contributed by atoms with van der Waals surface area (Å²) in [5.74, 6) is 0.631. The Balaban J connectivity index is 1.76. The zero-order valence-corrected chi connectivity index (χ0v) is 9.89. The van der Waals surface area contributed by atoms with E-state index in [0.29, 0.717) is 24.4 Å². The summed E-state index contributed by atoms with van der Waals surface area (Å²) < 4.78 is 5.15. The molecule has 3 unspecified atom stereocenters. The minimum Gasteiger partial charge on any atom is -0.467 e. The summed E-state index contributed by atoms with van der Waals surface area (Å²) in [5.41, 5.74) is 0. The van der Waals surface area contributed by atoms with Gasteiger partial charge in [-0.3, -0.25) is 0 Å². The van der Waals surface area contributed by atoms with Crippen molar-refractivity contribution in [2.24, 2.45) is 0 Å². The summed E-state index contributed by atoms with van der Waals surface area (Å²) in [6, 6.07) is 4.70. The van der Waals surface area contributed by atoms with Crippen molar-refractivity contribution in [2.75, 3.05) is 20.1 Å². The van der Waals surface area contributed by atoms with Gasteiger partial charge in [0.1, 0.15) is 11.9 Å². The highest BCUT2D eigenvalue weighted by atomic mass is 16.4. The Morgan fingerprint density at radius 2 is 2.50 bits per heavy atom. The Kier molecular flexibility index (Phi) is 3.63. The van der Waals surface area contributed by atoms with Gasteiger partial charge in [0.25, 0.3) is 0 Å². The van der Waals surface area contributed by atoms with Gasteiger partial charge in [0.05, 0.1) is 6.26 Å². The first-order valence-corrected chi connectivity index (χ1v) is 5.82. The number of likely N-dealkylation sites (N-methyl/N-ethyl adjacent to an activating group) is 1. The molecule has 1 aliphatic rings. The van der Waals surface area contributed by atoms with E-state index in [-0.39, 0.29) is 0 Å². The van der Waals surface area contributed by atoms with Crippen LogP contribution in [-0.4, -0.2) is 42.2 Å². The third-order valence-electron chi connectivity index (χ3n) is 3.36. The fraction of sp³-hybridized carbons (Fsp3) is 0.667. The number of rotatable bonds is 4. The van der Waals surface area contributed by atoms with Gasteiger partial charge in [-0.05, 0) is 32.5 Å². The number of nitrogens with zero attached hydrogens (tertiary/aromatic N) is 1. The van der Waals surface area contributed by atoms with E-state index >= 15 is 0 Å². The van der Waals surface area contributed by atoms with Crippen LogP contribution in [0.2, 0.25) is 0 Å². The lowest BCUT2D eigenvalue weighted by Crippen LogP contribution is -2.34. The molecule has 16 heavy (non-hydrogen) atoms. The minimum absolute atomic E-state index is 0.476. The normalized spacial score (nSPS) is 28.4. The minimum atomic E-state index is -0.545. The SMILES string of the molecule is CC1CC(NCC(O)c2ccco2)CN1C. The van der Waals surface area contributed by atoms with E-state index in [1.807, 2.05) is 0 Å². The number of aliphatic hydroxyl groups excluding tert-OH is 1. The molecule has 2 rings (SSSR count). The molecule has 0 amide bonds. The highest BCUT2D eigenvalue weighted by molar-refractivity contribution is 5.02. The number of hydrogen-bond donors (Lipinski definition) is 2. The molecule has 2 N–H and O–H groups in total. The highest BCUT2D eigenvalue weighted by Crippen LogP contribution is 2.16. The van der Waals surface area contributed by atoms with Crippen molar-refractivity contribution in [3.05, 3.63) is 24.2 Å². The summed E-state index contributed by atoms with van der Waals surface area (Å²) >= 11 is 0. The van der Waals surface area contributed by atoms with Crippen LogP contribution in [0.15, 0.2) is 22.8 Å². The van der Waals surface area contributed by atoms with Gasteiger partial charge in [-0.1, -0.05) is 0 Å². The number of hydrogen-bond acceptors (Lipinski definition) is 4. The molecule has 0 spiro atoms. The van der Waals surface area contributed by atoms with Gasteiger partial charge in [-0.15, -0.1) is 0 Å². The number of likely N-dealkylation sites (tertiary alicyclic amines) is 1. The standard InChI is InChI=1S/C12H20N2O2/c1-9-6-10(8-14(9)2)13-7-11(15)12-4-3-5-16-12/h3-5,9-11,13,15H,6-8H2,1-2H3. The van der Waals surface area contributed by atoms with E-state index < -0.39 is 6.10 Å². The van der Waals surface area contributed by atoms with Crippen LogP contribution >= 0.6 is 0 Å². The van der Waals surface area contributed by atoms with Crippen molar-refractivity contribution in [3.63, 3.8) is 0 Å². The monoisotopic (exact) mass is 224 g/mol. The average Bonchev–Trinajstić information content (AvgIpc) is 2.86. The predicted molar refractivity (Wildman–Crippen MR) is 62.2 cm³/mol. The first-order valence-electron chi connectivity index (χ1n) is 5.82. The van der Waals surface area contributed by atoms with Crippen LogP contribution in [0.5, 0.6) is 0 Å². The molecule has 4 nitrogen and oxygen atoms in total. The number of nitrogens with one attached hydrogen (secondary N) is 1. The lowest BCUT2D eigenvalue weighted by molar-refractivity contribution is 0.143. The predicted octanol–water partition coefficient (Wildman–Crippen LogP) is 0.995. The van der Waals surface area contributed by atoms with Crippen LogP contribution in [0, 0.1) is 0 Å². The Labute approximate surface area is 96.2 Å². The van der Waals surface area contributed by atoms with Crippen molar-refractivity contribution in [3.8, 4) is 0 Å². The van der Waals surface area contributed by atoms with E-state index in [0.717, 1.165) is 13.0 Å².